The number of carbonyl (C=O) groups excluding carboxylic acids is 1. The summed E-state index contributed by atoms with van der Waals surface area (Å²) in [4.78, 5) is 10.1. The summed E-state index contributed by atoms with van der Waals surface area (Å²) in [5.74, 6) is -2.39. The van der Waals surface area contributed by atoms with Crippen molar-refractivity contribution in [3.05, 3.63) is 18.2 Å². The van der Waals surface area contributed by atoms with Gasteiger partial charge in [0.05, 0.1) is 19.1 Å². The average Bonchev–Trinajstić information content (AvgIpc) is 2.36. The zero-order valence-corrected chi connectivity index (χ0v) is 11.1. The first-order chi connectivity index (χ1) is 9.11. The molecule has 0 aliphatic heterocycles. The Morgan fingerprint density at radius 3 is 2.15 bits per heavy atom. The van der Waals surface area contributed by atoms with E-state index in [0.29, 0.717) is 0 Å². The molecule has 10 heteroatoms. The maximum absolute atomic E-state index is 12.0. The number of methoxy groups -OCH3 is 2. The Bertz CT molecular complexity index is 612. The number of nitrogens with one attached hydrogen (secondary N) is 1. The quantitative estimate of drug-likeness (QED) is 0.899. The second kappa shape index (κ2) is 5.57. The first-order valence-corrected chi connectivity index (χ1v) is 6.46. The van der Waals surface area contributed by atoms with Gasteiger partial charge in [-0.3, -0.25) is 4.79 Å². The number of rotatable bonds is 4. The van der Waals surface area contributed by atoms with Crippen molar-refractivity contribution in [1.82, 2.24) is 4.72 Å². The van der Waals surface area contributed by atoms with E-state index in [9.17, 15) is 26.4 Å². The van der Waals surface area contributed by atoms with Crippen molar-refractivity contribution in [3.8, 4) is 11.5 Å². The van der Waals surface area contributed by atoms with Gasteiger partial charge in [-0.25, -0.2) is 13.1 Å². The van der Waals surface area contributed by atoms with Crippen molar-refractivity contribution in [2.75, 3.05) is 14.2 Å². The number of hydrogen-bond acceptors (Lipinski definition) is 5. The summed E-state index contributed by atoms with van der Waals surface area (Å²) in [5, 5.41) is 0. The molecule has 0 spiro atoms. The summed E-state index contributed by atoms with van der Waals surface area (Å²) < 4.78 is 70.0. The highest BCUT2D eigenvalue weighted by Crippen LogP contribution is 2.29. The Morgan fingerprint density at radius 2 is 1.70 bits per heavy atom. The van der Waals surface area contributed by atoms with Crippen LogP contribution in [-0.4, -0.2) is 34.7 Å². The molecular formula is C10H10F3NO5S. The van der Waals surface area contributed by atoms with Crippen molar-refractivity contribution >= 4 is 15.9 Å². The monoisotopic (exact) mass is 313 g/mol. The molecule has 0 aliphatic carbocycles. The van der Waals surface area contributed by atoms with Gasteiger partial charge in [0.1, 0.15) is 0 Å². The molecule has 112 valence electrons. The number of hydrogen-bond donors (Lipinski definition) is 1. The Kier molecular flexibility index (Phi) is 4.48. The third-order valence-electron chi connectivity index (χ3n) is 2.15. The van der Waals surface area contributed by atoms with E-state index in [1.165, 1.54) is 20.3 Å². The smallest absolute Gasteiger partial charge is 0.472 e. The first kappa shape index (κ1) is 16.1. The zero-order valence-electron chi connectivity index (χ0n) is 10.3. The highest BCUT2D eigenvalue weighted by atomic mass is 32.2. The third kappa shape index (κ3) is 3.53. The highest BCUT2D eigenvalue weighted by molar-refractivity contribution is 7.90. The summed E-state index contributed by atoms with van der Waals surface area (Å²) in [6.45, 7) is 0. The molecule has 0 atom stereocenters. The normalized spacial score (nSPS) is 11.8. The van der Waals surface area contributed by atoms with Crippen molar-refractivity contribution in [3.63, 3.8) is 0 Å². The van der Waals surface area contributed by atoms with Gasteiger partial charge in [0.25, 0.3) is 10.0 Å². The zero-order chi connectivity index (χ0) is 15.6. The molecule has 20 heavy (non-hydrogen) atoms. The van der Waals surface area contributed by atoms with Crippen LogP contribution in [0.15, 0.2) is 23.1 Å². The number of benzene rings is 1. The minimum absolute atomic E-state index is 0.00478. The number of alkyl halides is 3. The minimum Gasteiger partial charge on any atom is -0.493 e. The van der Waals surface area contributed by atoms with Crippen LogP contribution >= 0.6 is 0 Å². The van der Waals surface area contributed by atoms with Crippen LogP contribution < -0.4 is 14.2 Å². The highest BCUT2D eigenvalue weighted by Gasteiger charge is 2.41. The standard InChI is InChI=1S/C10H10F3NO5S/c1-18-7-4-3-6(5-8(7)19-2)20(16,17)14-9(15)10(11,12)13/h3-5H,1-2H3,(H,14,15). The van der Waals surface area contributed by atoms with E-state index >= 15 is 0 Å². The predicted molar refractivity (Wildman–Crippen MR) is 60.9 cm³/mol. The van der Waals surface area contributed by atoms with E-state index < -0.39 is 27.0 Å². The second-order valence-corrected chi connectivity index (χ2v) is 5.13. The molecule has 0 saturated heterocycles. The van der Waals surface area contributed by atoms with Crippen LogP contribution in [0.25, 0.3) is 0 Å². The molecular weight excluding hydrogens is 303 g/mol. The van der Waals surface area contributed by atoms with E-state index in [-0.39, 0.29) is 11.5 Å². The average molecular weight is 313 g/mol. The number of ether oxygens (including phenoxy) is 2. The minimum atomic E-state index is -5.30. The van der Waals surface area contributed by atoms with Crippen molar-refractivity contribution in [2.24, 2.45) is 0 Å². The van der Waals surface area contributed by atoms with Gasteiger partial charge in [-0.1, -0.05) is 0 Å². The van der Waals surface area contributed by atoms with E-state index in [2.05, 4.69) is 0 Å². The molecule has 0 radical (unpaired) electrons. The number of sulfonamides is 1. The van der Waals surface area contributed by atoms with Crippen LogP contribution in [0.4, 0.5) is 13.2 Å². The maximum atomic E-state index is 12.0. The molecule has 0 fully saturated rings. The van der Waals surface area contributed by atoms with Crippen molar-refractivity contribution in [1.29, 1.82) is 0 Å². The van der Waals surface area contributed by atoms with Crippen LogP contribution in [0.2, 0.25) is 0 Å². The van der Waals surface area contributed by atoms with E-state index in [0.717, 1.165) is 16.9 Å². The molecule has 0 saturated carbocycles. The molecule has 0 aliphatic rings. The SMILES string of the molecule is COc1ccc(S(=O)(=O)NC(=O)C(F)(F)F)cc1OC. The van der Waals surface area contributed by atoms with Crippen LogP contribution in [-0.2, 0) is 14.8 Å². The van der Waals surface area contributed by atoms with Gasteiger partial charge < -0.3 is 9.47 Å². The Hall–Kier alpha value is -1.97. The largest absolute Gasteiger partial charge is 0.493 e. The summed E-state index contributed by atoms with van der Waals surface area (Å²) in [6.07, 6.45) is -5.30. The lowest BCUT2D eigenvalue weighted by molar-refractivity contribution is -0.171. The lowest BCUT2D eigenvalue weighted by Crippen LogP contribution is -2.40. The number of amides is 1. The molecule has 1 amide bonds. The fourth-order valence-electron chi connectivity index (χ4n) is 1.22. The Morgan fingerprint density at radius 1 is 1.15 bits per heavy atom. The van der Waals surface area contributed by atoms with Gasteiger partial charge in [0, 0.05) is 6.07 Å². The van der Waals surface area contributed by atoms with Crippen molar-refractivity contribution in [2.45, 2.75) is 11.1 Å². The molecule has 1 aromatic carbocycles. The number of halogens is 3. The summed E-state index contributed by atoms with van der Waals surface area (Å²) >= 11 is 0. The van der Waals surface area contributed by atoms with Gasteiger partial charge in [0.2, 0.25) is 0 Å². The van der Waals surface area contributed by atoms with E-state index in [1.807, 2.05) is 0 Å². The summed E-state index contributed by atoms with van der Waals surface area (Å²) in [6, 6.07) is 3.10. The van der Waals surface area contributed by atoms with Gasteiger partial charge in [-0.2, -0.15) is 13.2 Å². The van der Waals surface area contributed by atoms with Gasteiger partial charge >= 0.3 is 12.1 Å². The third-order valence-corrected chi connectivity index (χ3v) is 3.48. The van der Waals surface area contributed by atoms with Crippen LogP contribution in [0.3, 0.4) is 0 Å². The molecule has 0 unspecified atom stereocenters. The molecule has 6 nitrogen and oxygen atoms in total. The van der Waals surface area contributed by atoms with Crippen LogP contribution in [0.1, 0.15) is 0 Å². The predicted octanol–water partition coefficient (Wildman–Crippen LogP) is 1.07. The van der Waals surface area contributed by atoms with Crippen molar-refractivity contribution < 1.29 is 35.9 Å². The first-order valence-electron chi connectivity index (χ1n) is 4.98. The summed E-state index contributed by atoms with van der Waals surface area (Å²) in [7, 11) is -2.13. The molecule has 0 heterocycles. The molecule has 0 bridgehead atoms. The topological polar surface area (TPSA) is 81.7 Å². The summed E-state index contributed by atoms with van der Waals surface area (Å²) in [5.41, 5.74) is 0. The number of carbonyl (C=O) groups is 1. The van der Waals surface area contributed by atoms with Crippen LogP contribution in [0.5, 0.6) is 11.5 Å². The lowest BCUT2D eigenvalue weighted by Gasteiger charge is -2.11. The molecule has 1 aromatic rings. The second-order valence-electron chi connectivity index (χ2n) is 3.45. The van der Waals surface area contributed by atoms with Crippen LogP contribution in [0, 0.1) is 0 Å². The maximum Gasteiger partial charge on any atom is 0.472 e. The fraction of sp³-hybridized carbons (Fsp3) is 0.300. The van der Waals surface area contributed by atoms with Gasteiger partial charge in [-0.05, 0) is 12.1 Å². The molecule has 1 rings (SSSR count). The Balaban J connectivity index is 3.14. The van der Waals surface area contributed by atoms with E-state index in [1.54, 1.807) is 0 Å². The fourth-order valence-corrected chi connectivity index (χ4v) is 2.21. The Labute approximate surface area is 112 Å². The van der Waals surface area contributed by atoms with Gasteiger partial charge in [-0.15, -0.1) is 0 Å². The molecule has 0 aromatic heterocycles. The lowest BCUT2D eigenvalue weighted by atomic mass is 10.3. The molecule has 1 N–H and O–H groups in total. The van der Waals surface area contributed by atoms with Gasteiger partial charge in [0.15, 0.2) is 11.5 Å². The van der Waals surface area contributed by atoms with E-state index in [4.69, 9.17) is 9.47 Å².